The van der Waals surface area contributed by atoms with Crippen molar-refractivity contribution in [3.05, 3.63) is 57.5 Å². The monoisotopic (exact) mass is 406 g/mol. The molecule has 4 nitrogen and oxygen atoms in total. The lowest BCUT2D eigenvalue weighted by atomic mass is 10.2. The zero-order valence-electron chi connectivity index (χ0n) is 12.9. The molecule has 0 radical (unpaired) electrons. The first-order valence-electron chi connectivity index (χ1n) is 7.22. The Labute approximate surface area is 157 Å². The fraction of sp³-hybridized carbons (Fsp3) is 0.250. The number of nitrogens with zero attached hydrogens (tertiary/aromatic N) is 1. The molecule has 0 saturated heterocycles. The van der Waals surface area contributed by atoms with Crippen molar-refractivity contribution in [2.45, 2.75) is 24.3 Å². The van der Waals surface area contributed by atoms with E-state index >= 15 is 0 Å². The summed E-state index contributed by atoms with van der Waals surface area (Å²) in [6, 6.07) is 10.3. The molecule has 1 atom stereocenters. The van der Waals surface area contributed by atoms with E-state index in [-0.39, 0.29) is 4.90 Å². The van der Waals surface area contributed by atoms with E-state index < -0.39 is 16.1 Å². The number of hydrogen-bond acceptors (Lipinski definition) is 3. The van der Waals surface area contributed by atoms with Crippen LogP contribution in [-0.2, 0) is 10.0 Å². The van der Waals surface area contributed by atoms with Crippen LogP contribution in [0.5, 0.6) is 0 Å². The Hall–Kier alpha value is -0.980. The summed E-state index contributed by atoms with van der Waals surface area (Å²) in [7, 11) is -3.86. The van der Waals surface area contributed by atoms with Crippen LogP contribution in [0.15, 0.2) is 47.4 Å². The van der Waals surface area contributed by atoms with E-state index in [4.69, 9.17) is 40.5 Å². The third kappa shape index (κ3) is 4.16. The fourth-order valence-electron chi connectivity index (χ4n) is 2.34. The molecule has 2 aromatic carbocycles. The van der Waals surface area contributed by atoms with Crippen LogP contribution in [0.25, 0.3) is 0 Å². The van der Waals surface area contributed by atoms with Crippen molar-refractivity contribution in [1.82, 2.24) is 0 Å². The van der Waals surface area contributed by atoms with Crippen molar-refractivity contribution in [3.63, 3.8) is 0 Å². The summed E-state index contributed by atoms with van der Waals surface area (Å²) in [6.45, 7) is 2.11. The molecule has 0 aliphatic heterocycles. The van der Waals surface area contributed by atoms with Gasteiger partial charge in [0.15, 0.2) is 0 Å². The molecule has 0 saturated carbocycles. The van der Waals surface area contributed by atoms with E-state index in [0.29, 0.717) is 33.7 Å². The van der Waals surface area contributed by atoms with Gasteiger partial charge in [-0.15, -0.1) is 0 Å². The normalized spacial score (nSPS) is 12.9. The molecule has 0 bridgehead atoms. The van der Waals surface area contributed by atoms with Crippen molar-refractivity contribution in [1.29, 1.82) is 0 Å². The lowest BCUT2D eigenvalue weighted by Crippen LogP contribution is -2.40. The molecule has 0 aromatic heterocycles. The number of hydrogen-bond donors (Lipinski definition) is 1. The van der Waals surface area contributed by atoms with Crippen LogP contribution in [0.4, 0.5) is 5.69 Å². The van der Waals surface area contributed by atoms with Gasteiger partial charge >= 0.3 is 0 Å². The van der Waals surface area contributed by atoms with Crippen LogP contribution in [-0.4, -0.2) is 21.0 Å². The first-order chi connectivity index (χ1) is 11.3. The van der Waals surface area contributed by atoms with Gasteiger partial charge in [0.05, 0.1) is 15.6 Å². The van der Waals surface area contributed by atoms with Crippen LogP contribution in [0.3, 0.4) is 0 Å². The lowest BCUT2D eigenvalue weighted by Gasteiger charge is -2.31. The molecule has 1 unspecified atom stereocenters. The molecule has 0 aliphatic carbocycles. The standard InChI is InChI=1S/C16H17Cl3N2O2S/c1-11(8-9-20)21(16-10-13(18)4-7-15(16)19)24(22,23)14-5-2-12(17)3-6-14/h2-7,10-11H,8-9,20H2,1H3. The van der Waals surface area contributed by atoms with Gasteiger partial charge in [-0.1, -0.05) is 34.8 Å². The summed E-state index contributed by atoms with van der Waals surface area (Å²) in [5.41, 5.74) is 5.94. The van der Waals surface area contributed by atoms with Crippen LogP contribution in [0.1, 0.15) is 13.3 Å². The van der Waals surface area contributed by atoms with Gasteiger partial charge in [0, 0.05) is 16.1 Å². The Bertz CT molecular complexity index is 811. The summed E-state index contributed by atoms with van der Waals surface area (Å²) < 4.78 is 27.6. The lowest BCUT2D eigenvalue weighted by molar-refractivity contribution is 0.573. The van der Waals surface area contributed by atoms with Crippen LogP contribution in [0.2, 0.25) is 15.1 Å². The van der Waals surface area contributed by atoms with Gasteiger partial charge in [-0.3, -0.25) is 4.31 Å². The van der Waals surface area contributed by atoms with Crippen LogP contribution in [0, 0.1) is 0 Å². The van der Waals surface area contributed by atoms with Gasteiger partial charge in [-0.2, -0.15) is 0 Å². The molecule has 2 rings (SSSR count). The SMILES string of the molecule is CC(CCN)N(c1cc(Cl)ccc1Cl)S(=O)(=O)c1ccc(Cl)cc1. The molecule has 2 aromatic rings. The number of halogens is 3. The number of benzene rings is 2. The Balaban J connectivity index is 2.61. The highest BCUT2D eigenvalue weighted by molar-refractivity contribution is 7.92. The molecule has 0 aliphatic rings. The molecule has 0 heterocycles. The van der Waals surface area contributed by atoms with Gasteiger partial charge in [-0.25, -0.2) is 8.42 Å². The Morgan fingerprint density at radius 3 is 2.21 bits per heavy atom. The van der Waals surface area contributed by atoms with Gasteiger partial charge < -0.3 is 5.73 Å². The number of sulfonamides is 1. The first kappa shape index (κ1) is 19.3. The van der Waals surface area contributed by atoms with E-state index in [1.807, 2.05) is 0 Å². The number of anilines is 1. The highest BCUT2D eigenvalue weighted by Crippen LogP contribution is 2.35. The summed E-state index contributed by atoms with van der Waals surface area (Å²) in [5, 5.41) is 1.14. The number of nitrogens with two attached hydrogens (primary N) is 1. The molecule has 0 amide bonds. The fourth-order valence-corrected chi connectivity index (χ4v) is 4.58. The molecule has 2 N–H and O–H groups in total. The third-order valence-corrected chi connectivity index (χ3v) is 6.25. The molecule has 0 spiro atoms. The summed E-state index contributed by atoms with van der Waals surface area (Å²) in [6.07, 6.45) is 0.468. The molecule has 24 heavy (non-hydrogen) atoms. The van der Waals surface area contributed by atoms with Crippen molar-refractivity contribution in [2.75, 3.05) is 10.8 Å². The molecular formula is C16H17Cl3N2O2S. The topological polar surface area (TPSA) is 63.4 Å². The van der Waals surface area contributed by atoms with E-state index in [1.54, 1.807) is 19.1 Å². The second-order valence-corrected chi connectivity index (χ2v) is 8.37. The highest BCUT2D eigenvalue weighted by Gasteiger charge is 2.30. The van der Waals surface area contributed by atoms with Crippen LogP contribution < -0.4 is 10.0 Å². The molecule has 0 fully saturated rings. The van der Waals surface area contributed by atoms with E-state index in [1.165, 1.54) is 34.6 Å². The van der Waals surface area contributed by atoms with Crippen molar-refractivity contribution in [3.8, 4) is 0 Å². The second kappa shape index (κ2) is 7.93. The Morgan fingerprint density at radius 2 is 1.62 bits per heavy atom. The Morgan fingerprint density at radius 1 is 1.04 bits per heavy atom. The minimum absolute atomic E-state index is 0.117. The van der Waals surface area contributed by atoms with Crippen LogP contribution >= 0.6 is 34.8 Å². The Kier molecular flexibility index (Phi) is 6.39. The second-order valence-electron chi connectivity index (χ2n) is 5.28. The average Bonchev–Trinajstić information content (AvgIpc) is 2.51. The maximum absolute atomic E-state index is 13.2. The zero-order chi connectivity index (χ0) is 17.9. The van der Waals surface area contributed by atoms with Crippen molar-refractivity contribution >= 4 is 50.5 Å². The van der Waals surface area contributed by atoms with E-state index in [9.17, 15) is 8.42 Å². The third-order valence-electron chi connectivity index (χ3n) is 3.50. The van der Waals surface area contributed by atoms with Gasteiger partial charge in [0.2, 0.25) is 0 Å². The maximum atomic E-state index is 13.2. The minimum atomic E-state index is -3.86. The summed E-state index contributed by atoms with van der Waals surface area (Å²) in [4.78, 5) is 0.117. The van der Waals surface area contributed by atoms with E-state index in [2.05, 4.69) is 0 Å². The smallest absolute Gasteiger partial charge is 0.264 e. The van der Waals surface area contributed by atoms with Crippen molar-refractivity contribution < 1.29 is 8.42 Å². The summed E-state index contributed by atoms with van der Waals surface area (Å²) in [5.74, 6) is 0. The first-order valence-corrected chi connectivity index (χ1v) is 9.80. The average molecular weight is 408 g/mol. The largest absolute Gasteiger partial charge is 0.330 e. The predicted molar refractivity (Wildman–Crippen MR) is 101 cm³/mol. The van der Waals surface area contributed by atoms with E-state index in [0.717, 1.165) is 0 Å². The van der Waals surface area contributed by atoms with Crippen molar-refractivity contribution in [2.24, 2.45) is 5.73 Å². The number of rotatable bonds is 6. The van der Waals surface area contributed by atoms with Gasteiger partial charge in [0.1, 0.15) is 0 Å². The highest BCUT2D eigenvalue weighted by atomic mass is 35.5. The molecule has 8 heteroatoms. The van der Waals surface area contributed by atoms with Gasteiger partial charge in [-0.05, 0) is 62.4 Å². The quantitative estimate of drug-likeness (QED) is 0.762. The predicted octanol–water partition coefficient (Wildman–Crippen LogP) is 4.58. The zero-order valence-corrected chi connectivity index (χ0v) is 16.0. The van der Waals surface area contributed by atoms with Gasteiger partial charge in [0.25, 0.3) is 10.0 Å². The maximum Gasteiger partial charge on any atom is 0.264 e. The minimum Gasteiger partial charge on any atom is -0.330 e. The molecular weight excluding hydrogens is 391 g/mol. The summed E-state index contributed by atoms with van der Waals surface area (Å²) >= 11 is 18.1. The molecule has 130 valence electrons.